The minimum atomic E-state index is -0.517. The highest BCUT2D eigenvalue weighted by Crippen LogP contribution is 2.34. The van der Waals surface area contributed by atoms with Crippen LogP contribution in [-0.4, -0.2) is 5.91 Å². The molecule has 0 aliphatic rings. The van der Waals surface area contributed by atoms with Crippen LogP contribution in [0.2, 0.25) is 5.02 Å². The molecule has 0 aliphatic carbocycles. The summed E-state index contributed by atoms with van der Waals surface area (Å²) in [4.78, 5) is 10.7. The maximum Gasteiger partial charge on any atom is 0.241 e. The molecular formula is C14H11BrClNO2. The number of rotatable bonds is 3. The summed E-state index contributed by atoms with van der Waals surface area (Å²) >= 11 is 9.37. The molecule has 98 valence electrons. The van der Waals surface area contributed by atoms with E-state index in [0.717, 1.165) is 15.6 Å². The van der Waals surface area contributed by atoms with Gasteiger partial charge in [0, 0.05) is 16.7 Å². The van der Waals surface area contributed by atoms with Gasteiger partial charge in [-0.05, 0) is 58.8 Å². The number of nitrogens with two attached hydrogens (primary N) is 1. The lowest BCUT2D eigenvalue weighted by molar-refractivity contribution is -0.113. The maximum absolute atomic E-state index is 10.7. The van der Waals surface area contributed by atoms with Gasteiger partial charge in [0.05, 0.1) is 4.47 Å². The van der Waals surface area contributed by atoms with Crippen molar-refractivity contribution in [2.24, 2.45) is 5.73 Å². The summed E-state index contributed by atoms with van der Waals surface area (Å²) in [5.41, 5.74) is 6.99. The van der Waals surface area contributed by atoms with Crippen LogP contribution in [0.5, 0.6) is 0 Å². The lowest BCUT2D eigenvalue weighted by Crippen LogP contribution is -2.04. The van der Waals surface area contributed by atoms with E-state index in [1.54, 1.807) is 12.1 Å². The van der Waals surface area contributed by atoms with E-state index in [-0.39, 0.29) is 0 Å². The van der Waals surface area contributed by atoms with Crippen molar-refractivity contribution >= 4 is 39.5 Å². The second-order valence-corrected chi connectivity index (χ2v) is 5.31. The number of hydrogen-bond donors (Lipinski definition) is 1. The summed E-state index contributed by atoms with van der Waals surface area (Å²) in [6, 6.07) is 7.34. The molecule has 0 fully saturated rings. The molecule has 1 aromatic heterocycles. The van der Waals surface area contributed by atoms with E-state index in [1.807, 2.05) is 19.1 Å². The molecule has 0 bridgehead atoms. The van der Waals surface area contributed by atoms with Gasteiger partial charge in [0.15, 0.2) is 0 Å². The van der Waals surface area contributed by atoms with Gasteiger partial charge in [-0.2, -0.15) is 0 Å². The van der Waals surface area contributed by atoms with Crippen molar-refractivity contribution in [3.8, 4) is 11.3 Å². The third kappa shape index (κ3) is 3.28. The van der Waals surface area contributed by atoms with Crippen LogP contribution in [0, 0.1) is 6.92 Å². The molecule has 3 nitrogen and oxygen atoms in total. The normalized spacial score (nSPS) is 11.1. The quantitative estimate of drug-likeness (QED) is 0.853. The van der Waals surface area contributed by atoms with Crippen molar-refractivity contribution in [2.45, 2.75) is 6.92 Å². The third-order valence-corrected chi connectivity index (χ3v) is 3.37. The molecule has 0 saturated carbocycles. The number of primary amides is 1. The molecule has 0 spiro atoms. The number of halogens is 2. The Hall–Kier alpha value is -1.52. The van der Waals surface area contributed by atoms with E-state index >= 15 is 0 Å². The highest BCUT2D eigenvalue weighted by molar-refractivity contribution is 9.10. The molecule has 0 atom stereocenters. The van der Waals surface area contributed by atoms with Crippen LogP contribution in [0.25, 0.3) is 17.4 Å². The van der Waals surface area contributed by atoms with E-state index < -0.39 is 5.91 Å². The third-order valence-electron chi connectivity index (χ3n) is 2.55. The SMILES string of the molecule is Cc1cc(Cl)ccc1-c1oc(/C=C/C(N)=O)cc1Br. The van der Waals surface area contributed by atoms with Crippen LogP contribution in [0.1, 0.15) is 11.3 Å². The summed E-state index contributed by atoms with van der Waals surface area (Å²) in [6.45, 7) is 1.95. The average Bonchev–Trinajstić information content (AvgIpc) is 2.68. The minimum Gasteiger partial charge on any atom is -0.455 e. The Bertz CT molecular complexity index is 661. The van der Waals surface area contributed by atoms with Gasteiger partial charge >= 0.3 is 0 Å². The first-order valence-corrected chi connectivity index (χ1v) is 6.68. The molecule has 0 radical (unpaired) electrons. The van der Waals surface area contributed by atoms with Crippen LogP contribution in [0.15, 0.2) is 39.2 Å². The fourth-order valence-electron chi connectivity index (χ4n) is 1.70. The van der Waals surface area contributed by atoms with E-state index in [9.17, 15) is 4.79 Å². The largest absolute Gasteiger partial charge is 0.455 e. The van der Waals surface area contributed by atoms with Crippen LogP contribution in [-0.2, 0) is 4.79 Å². The monoisotopic (exact) mass is 339 g/mol. The topological polar surface area (TPSA) is 56.2 Å². The molecule has 5 heteroatoms. The zero-order valence-electron chi connectivity index (χ0n) is 10.1. The van der Waals surface area contributed by atoms with Crippen LogP contribution in [0.3, 0.4) is 0 Å². The van der Waals surface area contributed by atoms with Crippen molar-refractivity contribution in [3.05, 3.63) is 51.2 Å². The van der Waals surface area contributed by atoms with Gasteiger partial charge in [-0.3, -0.25) is 4.79 Å². The number of hydrogen-bond acceptors (Lipinski definition) is 2. The Balaban J connectivity index is 2.43. The van der Waals surface area contributed by atoms with Gasteiger partial charge in [-0.25, -0.2) is 0 Å². The lowest BCUT2D eigenvalue weighted by atomic mass is 10.1. The minimum absolute atomic E-state index is 0.517. The summed E-state index contributed by atoms with van der Waals surface area (Å²) in [6.07, 6.45) is 2.78. The van der Waals surface area contributed by atoms with Gasteiger partial charge < -0.3 is 10.2 Å². The summed E-state index contributed by atoms with van der Waals surface area (Å²) < 4.78 is 6.49. The zero-order valence-corrected chi connectivity index (χ0v) is 12.5. The van der Waals surface area contributed by atoms with E-state index in [2.05, 4.69) is 15.9 Å². The first kappa shape index (κ1) is 13.9. The first-order chi connectivity index (χ1) is 8.97. The Morgan fingerprint density at radius 1 is 1.42 bits per heavy atom. The molecule has 1 heterocycles. The van der Waals surface area contributed by atoms with Crippen LogP contribution in [0.4, 0.5) is 0 Å². The van der Waals surface area contributed by atoms with Crippen LogP contribution < -0.4 is 5.73 Å². The van der Waals surface area contributed by atoms with Crippen molar-refractivity contribution in [2.75, 3.05) is 0 Å². The lowest BCUT2D eigenvalue weighted by Gasteiger charge is -2.03. The number of carbonyl (C=O) groups is 1. The predicted octanol–water partition coefficient (Wildman–Crippen LogP) is 4.17. The molecule has 1 aromatic carbocycles. The van der Waals surface area contributed by atoms with Gasteiger partial charge in [-0.15, -0.1) is 0 Å². The summed E-state index contributed by atoms with van der Waals surface area (Å²) in [7, 11) is 0. The first-order valence-electron chi connectivity index (χ1n) is 5.51. The average molecular weight is 341 g/mol. The molecule has 19 heavy (non-hydrogen) atoms. The fourth-order valence-corrected chi connectivity index (χ4v) is 2.45. The highest BCUT2D eigenvalue weighted by atomic mass is 79.9. The summed E-state index contributed by atoms with van der Waals surface area (Å²) in [5, 5.41) is 0.678. The molecule has 1 amide bonds. The molecule has 2 aromatic rings. The van der Waals surface area contributed by atoms with Gasteiger partial charge in [0.2, 0.25) is 5.91 Å². The van der Waals surface area contributed by atoms with Crippen molar-refractivity contribution in [1.29, 1.82) is 0 Å². The number of aryl methyl sites for hydroxylation is 1. The predicted molar refractivity (Wildman–Crippen MR) is 79.8 cm³/mol. The fraction of sp³-hybridized carbons (Fsp3) is 0.0714. The summed E-state index contributed by atoms with van der Waals surface area (Å²) in [5.74, 6) is 0.727. The van der Waals surface area contributed by atoms with Gasteiger partial charge in [0.1, 0.15) is 11.5 Å². The number of benzene rings is 1. The second-order valence-electron chi connectivity index (χ2n) is 4.02. The van der Waals surface area contributed by atoms with Crippen molar-refractivity contribution in [3.63, 3.8) is 0 Å². The van der Waals surface area contributed by atoms with Crippen molar-refractivity contribution < 1.29 is 9.21 Å². The highest BCUT2D eigenvalue weighted by Gasteiger charge is 2.12. The zero-order chi connectivity index (χ0) is 14.0. The molecule has 0 unspecified atom stereocenters. The van der Waals surface area contributed by atoms with Gasteiger partial charge in [-0.1, -0.05) is 11.6 Å². The standard InChI is InChI=1S/C14H11BrClNO2/c1-8-6-9(16)2-4-11(8)14-12(15)7-10(19-14)3-5-13(17)18/h2-7H,1H3,(H2,17,18)/b5-3+. The Kier molecular flexibility index (Phi) is 4.12. The van der Waals surface area contributed by atoms with Crippen molar-refractivity contribution in [1.82, 2.24) is 0 Å². The Morgan fingerprint density at radius 3 is 2.79 bits per heavy atom. The van der Waals surface area contributed by atoms with Gasteiger partial charge in [0.25, 0.3) is 0 Å². The Morgan fingerprint density at radius 2 is 2.16 bits per heavy atom. The Labute approximate surface area is 124 Å². The number of furan rings is 1. The smallest absolute Gasteiger partial charge is 0.241 e. The van der Waals surface area contributed by atoms with E-state index in [0.29, 0.717) is 16.5 Å². The van der Waals surface area contributed by atoms with Crippen LogP contribution >= 0.6 is 27.5 Å². The van der Waals surface area contributed by atoms with E-state index in [1.165, 1.54) is 12.2 Å². The maximum atomic E-state index is 10.7. The molecule has 2 rings (SSSR count). The number of amides is 1. The molecule has 2 N–H and O–H groups in total. The second kappa shape index (κ2) is 5.63. The van der Waals surface area contributed by atoms with E-state index in [4.69, 9.17) is 21.8 Å². The molecule has 0 saturated heterocycles. The molecule has 0 aliphatic heterocycles. The number of carbonyl (C=O) groups excluding carboxylic acids is 1. The molecular weight excluding hydrogens is 330 g/mol.